The summed E-state index contributed by atoms with van der Waals surface area (Å²) in [5.74, 6) is 0.486. The second kappa shape index (κ2) is 6.40. The highest BCUT2D eigenvalue weighted by molar-refractivity contribution is 6.31. The van der Waals surface area contributed by atoms with Gasteiger partial charge in [0.2, 0.25) is 0 Å². The van der Waals surface area contributed by atoms with E-state index in [0.29, 0.717) is 19.1 Å². The molecule has 2 aromatic carbocycles. The van der Waals surface area contributed by atoms with E-state index in [4.69, 9.17) is 21.1 Å². The zero-order chi connectivity index (χ0) is 16.7. The van der Waals surface area contributed by atoms with Crippen molar-refractivity contribution in [3.8, 4) is 0 Å². The van der Waals surface area contributed by atoms with E-state index in [1.54, 1.807) is 0 Å². The molecule has 0 spiro atoms. The molecular formula is C20H22ClNO2. The molecule has 1 N–H and O–H groups in total. The topological polar surface area (TPSA) is 30.5 Å². The maximum absolute atomic E-state index is 6.45. The summed E-state index contributed by atoms with van der Waals surface area (Å²) in [6.07, 6.45) is -0.136. The van der Waals surface area contributed by atoms with Crippen LogP contribution >= 0.6 is 11.6 Å². The molecule has 2 aliphatic heterocycles. The summed E-state index contributed by atoms with van der Waals surface area (Å²) in [6.45, 7) is 5.66. The molecule has 0 aromatic heterocycles. The molecule has 0 saturated carbocycles. The van der Waals surface area contributed by atoms with Gasteiger partial charge in [-0.3, -0.25) is 0 Å². The van der Waals surface area contributed by atoms with Gasteiger partial charge in [-0.05, 0) is 29.2 Å². The largest absolute Gasteiger partial charge is 0.375 e. The first-order chi connectivity index (χ1) is 11.6. The molecule has 0 amide bonds. The molecule has 0 aliphatic carbocycles. The van der Waals surface area contributed by atoms with Crippen LogP contribution in [-0.4, -0.2) is 19.3 Å². The maximum atomic E-state index is 6.45. The predicted octanol–water partition coefficient (Wildman–Crippen LogP) is 5.09. The van der Waals surface area contributed by atoms with Gasteiger partial charge in [-0.2, -0.15) is 0 Å². The highest BCUT2D eigenvalue weighted by Crippen LogP contribution is 2.46. The lowest BCUT2D eigenvalue weighted by Gasteiger charge is -2.43. The lowest BCUT2D eigenvalue weighted by Crippen LogP contribution is -2.43. The number of rotatable bonds is 2. The molecular weight excluding hydrogens is 322 g/mol. The molecule has 24 heavy (non-hydrogen) atoms. The van der Waals surface area contributed by atoms with Gasteiger partial charge in [-0.25, -0.2) is 0 Å². The number of hydrogen-bond acceptors (Lipinski definition) is 3. The van der Waals surface area contributed by atoms with Crippen molar-refractivity contribution in [3.63, 3.8) is 0 Å². The second-order valence-electron chi connectivity index (χ2n) is 6.77. The van der Waals surface area contributed by atoms with Gasteiger partial charge in [-0.1, -0.05) is 55.8 Å². The zero-order valence-electron chi connectivity index (χ0n) is 14.0. The predicted molar refractivity (Wildman–Crippen MR) is 96.8 cm³/mol. The molecule has 2 aromatic rings. The Hall–Kier alpha value is -1.55. The molecule has 0 bridgehead atoms. The molecule has 4 heteroatoms. The second-order valence-corrected chi connectivity index (χ2v) is 7.18. The summed E-state index contributed by atoms with van der Waals surface area (Å²) < 4.78 is 12.2. The van der Waals surface area contributed by atoms with Crippen molar-refractivity contribution in [1.29, 1.82) is 0 Å². The summed E-state index contributed by atoms with van der Waals surface area (Å²) in [5.41, 5.74) is 4.67. The molecule has 3 atom stereocenters. The van der Waals surface area contributed by atoms with E-state index in [0.717, 1.165) is 16.3 Å². The standard InChI is InChI=1S/C20H22ClNO2/c1-12(2)13-7-8-17-15(11-13)19-20(24-10-9-23-19)18(22-17)14-5-3-4-6-16(14)21/h3-8,11-12,18-20,22H,9-10H2,1-2H3. The van der Waals surface area contributed by atoms with Crippen molar-refractivity contribution in [2.24, 2.45) is 0 Å². The average Bonchev–Trinajstić information content (AvgIpc) is 2.61. The quantitative estimate of drug-likeness (QED) is 0.824. The minimum atomic E-state index is -0.0754. The summed E-state index contributed by atoms with van der Waals surface area (Å²) >= 11 is 6.45. The molecule has 3 unspecified atom stereocenters. The Labute approximate surface area is 147 Å². The SMILES string of the molecule is CC(C)c1ccc2c(c1)C1OCCOC1C(c1ccccc1Cl)N2. The molecule has 0 radical (unpaired) electrons. The minimum absolute atomic E-state index is 0.0126. The average molecular weight is 344 g/mol. The Balaban J connectivity index is 1.79. The van der Waals surface area contributed by atoms with Gasteiger partial charge in [0.1, 0.15) is 12.2 Å². The molecule has 1 saturated heterocycles. The smallest absolute Gasteiger partial charge is 0.113 e. The third-order valence-corrected chi connectivity index (χ3v) is 5.26. The lowest BCUT2D eigenvalue weighted by molar-refractivity contribution is -0.151. The van der Waals surface area contributed by atoms with E-state index in [2.05, 4.69) is 43.4 Å². The Morgan fingerprint density at radius 1 is 1.04 bits per heavy atom. The normalized spacial score (nSPS) is 25.8. The van der Waals surface area contributed by atoms with E-state index in [1.165, 1.54) is 11.1 Å². The third-order valence-electron chi connectivity index (χ3n) is 4.92. The fourth-order valence-electron chi connectivity index (χ4n) is 3.62. The molecule has 4 rings (SSSR count). The fraction of sp³-hybridized carbons (Fsp3) is 0.400. The summed E-state index contributed by atoms with van der Waals surface area (Å²) in [7, 11) is 0. The summed E-state index contributed by atoms with van der Waals surface area (Å²) in [4.78, 5) is 0. The Kier molecular flexibility index (Phi) is 4.25. The van der Waals surface area contributed by atoms with Crippen LogP contribution in [0.25, 0.3) is 0 Å². The number of halogens is 1. The number of fused-ring (bicyclic) bond motifs is 3. The van der Waals surface area contributed by atoms with Gasteiger partial charge >= 0.3 is 0 Å². The minimum Gasteiger partial charge on any atom is -0.375 e. The first kappa shape index (κ1) is 15.9. The van der Waals surface area contributed by atoms with Gasteiger partial charge in [0.15, 0.2) is 0 Å². The van der Waals surface area contributed by atoms with Crippen molar-refractivity contribution in [1.82, 2.24) is 0 Å². The van der Waals surface area contributed by atoms with Crippen molar-refractivity contribution in [3.05, 3.63) is 64.2 Å². The molecule has 126 valence electrons. The van der Waals surface area contributed by atoms with E-state index >= 15 is 0 Å². The number of anilines is 1. The van der Waals surface area contributed by atoms with Crippen LogP contribution in [0, 0.1) is 0 Å². The number of ether oxygens (including phenoxy) is 2. The van der Waals surface area contributed by atoms with Gasteiger partial charge in [-0.15, -0.1) is 0 Å². The molecule has 3 nitrogen and oxygen atoms in total. The van der Waals surface area contributed by atoms with Crippen LogP contribution in [-0.2, 0) is 9.47 Å². The van der Waals surface area contributed by atoms with E-state index in [1.807, 2.05) is 18.2 Å². The van der Waals surface area contributed by atoms with Gasteiger partial charge in [0, 0.05) is 16.3 Å². The highest BCUT2D eigenvalue weighted by Gasteiger charge is 2.41. The van der Waals surface area contributed by atoms with E-state index < -0.39 is 0 Å². The van der Waals surface area contributed by atoms with Gasteiger partial charge in [0.05, 0.1) is 19.3 Å². The Morgan fingerprint density at radius 3 is 2.62 bits per heavy atom. The first-order valence-electron chi connectivity index (χ1n) is 8.53. The lowest BCUT2D eigenvalue weighted by atomic mass is 9.86. The maximum Gasteiger partial charge on any atom is 0.113 e. The van der Waals surface area contributed by atoms with Crippen LogP contribution in [0.3, 0.4) is 0 Å². The van der Waals surface area contributed by atoms with Gasteiger partial charge < -0.3 is 14.8 Å². The van der Waals surface area contributed by atoms with Crippen LogP contribution in [0.5, 0.6) is 0 Å². The van der Waals surface area contributed by atoms with Crippen LogP contribution < -0.4 is 5.32 Å². The van der Waals surface area contributed by atoms with Gasteiger partial charge in [0.25, 0.3) is 0 Å². The van der Waals surface area contributed by atoms with Crippen molar-refractivity contribution in [2.45, 2.75) is 38.0 Å². The number of nitrogens with one attached hydrogen (secondary N) is 1. The van der Waals surface area contributed by atoms with Crippen LogP contribution in [0.15, 0.2) is 42.5 Å². The first-order valence-corrected chi connectivity index (χ1v) is 8.91. The van der Waals surface area contributed by atoms with Crippen molar-refractivity contribution in [2.75, 3.05) is 18.5 Å². The Bertz CT molecular complexity index is 746. The zero-order valence-corrected chi connectivity index (χ0v) is 14.7. The third kappa shape index (κ3) is 2.71. The van der Waals surface area contributed by atoms with Crippen LogP contribution in [0.1, 0.15) is 48.6 Å². The van der Waals surface area contributed by atoms with E-state index in [-0.39, 0.29) is 18.2 Å². The van der Waals surface area contributed by atoms with Crippen LogP contribution in [0.4, 0.5) is 5.69 Å². The number of benzene rings is 2. The summed E-state index contributed by atoms with van der Waals surface area (Å²) in [5, 5.41) is 4.38. The summed E-state index contributed by atoms with van der Waals surface area (Å²) in [6, 6.07) is 14.5. The molecule has 1 fully saturated rings. The van der Waals surface area contributed by atoms with Crippen molar-refractivity contribution >= 4 is 17.3 Å². The molecule has 2 heterocycles. The number of hydrogen-bond donors (Lipinski definition) is 1. The fourth-order valence-corrected chi connectivity index (χ4v) is 3.87. The highest BCUT2D eigenvalue weighted by atomic mass is 35.5. The van der Waals surface area contributed by atoms with E-state index in [9.17, 15) is 0 Å². The Morgan fingerprint density at radius 2 is 1.83 bits per heavy atom. The van der Waals surface area contributed by atoms with Crippen LogP contribution in [0.2, 0.25) is 5.02 Å². The monoisotopic (exact) mass is 343 g/mol. The molecule has 2 aliphatic rings. The van der Waals surface area contributed by atoms with Crippen molar-refractivity contribution < 1.29 is 9.47 Å².